The van der Waals surface area contributed by atoms with E-state index in [1.165, 1.54) is 5.56 Å². The molecule has 34 heavy (non-hydrogen) atoms. The average Bonchev–Trinajstić information content (AvgIpc) is 2.84. The van der Waals surface area contributed by atoms with Crippen LogP contribution in [0.3, 0.4) is 0 Å². The monoisotopic (exact) mass is 483 g/mol. The Balaban J connectivity index is 0.00000324. The Hall–Kier alpha value is -2.83. The Morgan fingerprint density at radius 2 is 1.65 bits per heavy atom. The van der Waals surface area contributed by atoms with Gasteiger partial charge in [0, 0.05) is 26.2 Å². The van der Waals surface area contributed by atoms with Gasteiger partial charge in [0.05, 0.1) is 0 Å². The van der Waals surface area contributed by atoms with Crippen molar-refractivity contribution in [2.45, 2.75) is 51.6 Å². The SMILES string of the molecule is C/C=C1/NC(=O)C2(CCN(Cc3ccc(Oc4ccccc4)cc3)CC2)N(CCCC)C1=O.Cl. The van der Waals surface area contributed by atoms with E-state index in [0.717, 1.165) is 44.0 Å². The van der Waals surface area contributed by atoms with Crippen molar-refractivity contribution < 1.29 is 14.3 Å². The number of amides is 2. The Kier molecular flexibility index (Phi) is 8.75. The van der Waals surface area contributed by atoms with Gasteiger partial charge in [0.25, 0.3) is 11.8 Å². The number of carbonyl (C=O) groups excluding carboxylic acids is 2. The van der Waals surface area contributed by atoms with Crippen molar-refractivity contribution in [1.29, 1.82) is 0 Å². The number of piperazine rings is 1. The van der Waals surface area contributed by atoms with Gasteiger partial charge in [-0.05, 0) is 56.0 Å². The zero-order valence-corrected chi connectivity index (χ0v) is 20.8. The molecule has 2 heterocycles. The predicted molar refractivity (Wildman–Crippen MR) is 136 cm³/mol. The van der Waals surface area contributed by atoms with E-state index in [4.69, 9.17) is 4.74 Å². The first-order valence-corrected chi connectivity index (χ1v) is 11.9. The highest BCUT2D eigenvalue weighted by Gasteiger charge is 2.51. The van der Waals surface area contributed by atoms with Gasteiger partial charge < -0.3 is 15.0 Å². The number of hydrogen-bond acceptors (Lipinski definition) is 4. The fourth-order valence-electron chi connectivity index (χ4n) is 4.71. The lowest BCUT2D eigenvalue weighted by Crippen LogP contribution is -2.69. The topological polar surface area (TPSA) is 61.9 Å². The van der Waals surface area contributed by atoms with Gasteiger partial charge in [-0.1, -0.05) is 49.8 Å². The summed E-state index contributed by atoms with van der Waals surface area (Å²) in [4.78, 5) is 30.4. The van der Waals surface area contributed by atoms with E-state index in [-0.39, 0.29) is 24.2 Å². The molecule has 0 bridgehead atoms. The summed E-state index contributed by atoms with van der Waals surface area (Å²) in [5, 5.41) is 2.87. The number of hydrogen-bond donors (Lipinski definition) is 1. The molecule has 6 nitrogen and oxygen atoms in total. The summed E-state index contributed by atoms with van der Waals surface area (Å²) in [5.74, 6) is 1.55. The Bertz CT molecular complexity index is 1000. The van der Waals surface area contributed by atoms with E-state index in [2.05, 4.69) is 29.3 Å². The fourth-order valence-corrected chi connectivity index (χ4v) is 4.71. The van der Waals surface area contributed by atoms with Crippen LogP contribution >= 0.6 is 12.4 Å². The standard InChI is InChI=1S/C27H33N3O3.ClH/c1-3-5-17-30-25(31)24(4-2)28-26(32)27(30)15-18-29(19-16-27)20-21-11-13-23(14-12-21)33-22-9-7-6-8-10-22;/h4,6-14H,3,5,15-20H2,1-2H3,(H,28,32);1H/b24-4+;. The molecule has 2 aromatic rings. The summed E-state index contributed by atoms with van der Waals surface area (Å²) in [5.41, 5.74) is 0.874. The third kappa shape index (κ3) is 5.45. The molecule has 4 rings (SSSR count). The van der Waals surface area contributed by atoms with Crippen molar-refractivity contribution in [2.24, 2.45) is 0 Å². The molecule has 2 fully saturated rings. The Morgan fingerprint density at radius 3 is 2.26 bits per heavy atom. The predicted octanol–water partition coefficient (Wildman–Crippen LogP) is 4.90. The maximum atomic E-state index is 13.1. The molecule has 2 saturated heterocycles. The molecule has 1 spiro atoms. The van der Waals surface area contributed by atoms with Gasteiger partial charge in [-0.3, -0.25) is 14.5 Å². The maximum absolute atomic E-state index is 13.1. The van der Waals surface area contributed by atoms with Crippen LogP contribution in [0.25, 0.3) is 0 Å². The molecular weight excluding hydrogens is 450 g/mol. The lowest BCUT2D eigenvalue weighted by atomic mass is 9.82. The zero-order valence-electron chi connectivity index (χ0n) is 20.0. The molecule has 2 aliphatic rings. The third-order valence-electron chi connectivity index (χ3n) is 6.68. The number of piperidine rings is 1. The highest BCUT2D eigenvalue weighted by molar-refractivity contribution is 6.06. The highest BCUT2D eigenvalue weighted by Crippen LogP contribution is 2.34. The molecule has 0 saturated carbocycles. The molecular formula is C27H34ClN3O3. The van der Waals surface area contributed by atoms with E-state index in [9.17, 15) is 9.59 Å². The summed E-state index contributed by atoms with van der Waals surface area (Å²) >= 11 is 0. The molecule has 1 N–H and O–H groups in total. The van der Waals surface area contributed by atoms with Gasteiger partial charge in [-0.2, -0.15) is 0 Å². The Morgan fingerprint density at radius 1 is 1.00 bits per heavy atom. The fraction of sp³-hybridized carbons (Fsp3) is 0.407. The molecule has 2 amide bonds. The van der Waals surface area contributed by atoms with Crippen LogP contribution < -0.4 is 10.1 Å². The number of ether oxygens (including phenoxy) is 1. The highest BCUT2D eigenvalue weighted by atomic mass is 35.5. The largest absolute Gasteiger partial charge is 0.457 e. The van der Waals surface area contributed by atoms with Crippen molar-refractivity contribution >= 4 is 24.2 Å². The number of rotatable bonds is 7. The molecule has 2 aromatic carbocycles. The smallest absolute Gasteiger partial charge is 0.270 e. The number of para-hydroxylation sites is 1. The minimum Gasteiger partial charge on any atom is -0.457 e. The van der Waals surface area contributed by atoms with Crippen LogP contribution in [-0.2, 0) is 16.1 Å². The van der Waals surface area contributed by atoms with E-state index in [1.807, 2.05) is 47.4 Å². The number of carbonyl (C=O) groups is 2. The van der Waals surface area contributed by atoms with E-state index < -0.39 is 5.54 Å². The first kappa shape index (κ1) is 25.8. The van der Waals surface area contributed by atoms with Crippen molar-refractivity contribution in [3.8, 4) is 11.5 Å². The first-order valence-electron chi connectivity index (χ1n) is 11.9. The molecule has 0 aliphatic carbocycles. The van der Waals surface area contributed by atoms with Crippen LogP contribution in [-0.4, -0.2) is 46.8 Å². The van der Waals surface area contributed by atoms with E-state index in [1.54, 1.807) is 13.0 Å². The van der Waals surface area contributed by atoms with Crippen LogP contribution in [0.5, 0.6) is 11.5 Å². The van der Waals surface area contributed by atoms with Crippen molar-refractivity contribution in [2.75, 3.05) is 19.6 Å². The van der Waals surface area contributed by atoms with Gasteiger partial charge in [-0.25, -0.2) is 0 Å². The third-order valence-corrected chi connectivity index (χ3v) is 6.68. The minimum atomic E-state index is -0.733. The summed E-state index contributed by atoms with van der Waals surface area (Å²) in [6, 6.07) is 17.9. The zero-order chi connectivity index (χ0) is 23.3. The number of halogens is 1. The summed E-state index contributed by atoms with van der Waals surface area (Å²) < 4.78 is 5.88. The van der Waals surface area contributed by atoms with Gasteiger partial charge in [0.1, 0.15) is 22.7 Å². The van der Waals surface area contributed by atoms with Gasteiger partial charge in [0.2, 0.25) is 0 Å². The molecule has 7 heteroatoms. The molecule has 0 aromatic heterocycles. The van der Waals surface area contributed by atoms with E-state index >= 15 is 0 Å². The number of unbranched alkanes of at least 4 members (excludes halogenated alkanes) is 1. The lowest BCUT2D eigenvalue weighted by Gasteiger charge is -2.50. The van der Waals surface area contributed by atoms with Crippen molar-refractivity contribution in [1.82, 2.24) is 15.1 Å². The second kappa shape index (κ2) is 11.5. The van der Waals surface area contributed by atoms with Crippen LogP contribution in [0, 0.1) is 0 Å². The van der Waals surface area contributed by atoms with Gasteiger partial charge in [0.15, 0.2) is 0 Å². The number of benzene rings is 2. The van der Waals surface area contributed by atoms with Gasteiger partial charge in [-0.15, -0.1) is 12.4 Å². The van der Waals surface area contributed by atoms with Crippen molar-refractivity contribution in [3.05, 3.63) is 71.9 Å². The first-order chi connectivity index (χ1) is 16.1. The average molecular weight is 484 g/mol. The molecule has 182 valence electrons. The molecule has 0 unspecified atom stereocenters. The van der Waals surface area contributed by atoms with Crippen LogP contribution in [0.1, 0.15) is 45.1 Å². The summed E-state index contributed by atoms with van der Waals surface area (Å²) in [7, 11) is 0. The van der Waals surface area contributed by atoms with Crippen LogP contribution in [0.2, 0.25) is 0 Å². The normalized spacial score (nSPS) is 19.1. The number of allylic oxidation sites excluding steroid dienone is 1. The quantitative estimate of drug-likeness (QED) is 0.569. The van der Waals surface area contributed by atoms with Gasteiger partial charge >= 0.3 is 0 Å². The second-order valence-corrected chi connectivity index (χ2v) is 8.83. The molecule has 0 atom stereocenters. The maximum Gasteiger partial charge on any atom is 0.270 e. The second-order valence-electron chi connectivity index (χ2n) is 8.83. The number of nitrogens with one attached hydrogen (secondary N) is 1. The molecule has 2 aliphatic heterocycles. The van der Waals surface area contributed by atoms with Crippen LogP contribution in [0.4, 0.5) is 0 Å². The Labute approximate surface area is 208 Å². The number of likely N-dealkylation sites (tertiary alicyclic amines) is 1. The minimum absolute atomic E-state index is 0. The number of nitrogens with zero attached hydrogens (tertiary/aromatic N) is 2. The van der Waals surface area contributed by atoms with Crippen molar-refractivity contribution in [3.63, 3.8) is 0 Å². The van der Waals surface area contributed by atoms with Crippen LogP contribution in [0.15, 0.2) is 66.4 Å². The lowest BCUT2D eigenvalue weighted by molar-refractivity contribution is -0.154. The van der Waals surface area contributed by atoms with E-state index in [0.29, 0.717) is 25.1 Å². The molecule has 0 radical (unpaired) electrons. The summed E-state index contributed by atoms with van der Waals surface area (Å²) in [6.45, 7) is 6.89. The summed E-state index contributed by atoms with van der Waals surface area (Å²) in [6.07, 6.45) is 4.90.